The van der Waals surface area contributed by atoms with E-state index in [-0.39, 0.29) is 5.41 Å². The third-order valence-electron chi connectivity index (χ3n) is 4.12. The molecule has 0 amide bonds. The van der Waals surface area contributed by atoms with Gasteiger partial charge in [0.1, 0.15) is 5.75 Å². The predicted octanol–water partition coefficient (Wildman–Crippen LogP) is 2.82. The Bertz CT molecular complexity index is 496. The summed E-state index contributed by atoms with van der Waals surface area (Å²) in [6.07, 6.45) is 0. The van der Waals surface area contributed by atoms with Crippen molar-refractivity contribution in [3.05, 3.63) is 29.3 Å². The van der Waals surface area contributed by atoms with Gasteiger partial charge in [0.2, 0.25) is 0 Å². The molecule has 3 nitrogen and oxygen atoms in total. The van der Waals surface area contributed by atoms with Crippen molar-refractivity contribution in [3.8, 4) is 11.8 Å². The van der Waals surface area contributed by atoms with Crippen molar-refractivity contribution in [3.63, 3.8) is 0 Å². The summed E-state index contributed by atoms with van der Waals surface area (Å²) in [6, 6.07) is 8.55. The molecule has 1 aromatic carbocycles. The second-order valence-electron chi connectivity index (χ2n) is 5.50. The van der Waals surface area contributed by atoms with Crippen LogP contribution < -0.4 is 4.74 Å². The highest BCUT2D eigenvalue weighted by molar-refractivity contribution is 5.42. The van der Waals surface area contributed by atoms with E-state index in [1.54, 1.807) is 7.11 Å². The zero-order valence-corrected chi connectivity index (χ0v) is 11.4. The van der Waals surface area contributed by atoms with Gasteiger partial charge in [0.15, 0.2) is 0 Å². The van der Waals surface area contributed by atoms with Gasteiger partial charge in [0.05, 0.1) is 37.2 Å². The fraction of sp³-hybridized carbons (Fsp3) is 0.533. The summed E-state index contributed by atoms with van der Waals surface area (Å²) in [5.74, 6) is 0.879. The van der Waals surface area contributed by atoms with Crippen LogP contribution in [0, 0.1) is 23.7 Å². The van der Waals surface area contributed by atoms with Gasteiger partial charge in [-0.1, -0.05) is 12.1 Å². The molecule has 1 aliphatic rings. The third kappa shape index (κ3) is 1.69. The number of benzene rings is 1. The van der Waals surface area contributed by atoms with E-state index in [4.69, 9.17) is 9.47 Å². The average molecular weight is 245 g/mol. The molecule has 1 heterocycles. The van der Waals surface area contributed by atoms with Crippen LogP contribution in [0.5, 0.6) is 5.75 Å². The van der Waals surface area contributed by atoms with Crippen LogP contribution >= 0.6 is 0 Å². The molecule has 0 aliphatic carbocycles. The zero-order valence-electron chi connectivity index (χ0n) is 11.4. The first-order chi connectivity index (χ1) is 8.47. The minimum Gasteiger partial charge on any atom is -0.496 e. The molecule has 0 bridgehead atoms. The monoisotopic (exact) mass is 245 g/mol. The number of ether oxygens (including phenoxy) is 2. The Morgan fingerprint density at radius 3 is 2.44 bits per heavy atom. The van der Waals surface area contributed by atoms with Crippen molar-refractivity contribution in [2.45, 2.75) is 26.2 Å². The summed E-state index contributed by atoms with van der Waals surface area (Å²) in [6.45, 7) is 7.21. The maximum atomic E-state index is 9.40. The first kappa shape index (κ1) is 12.9. The van der Waals surface area contributed by atoms with Crippen molar-refractivity contribution in [1.82, 2.24) is 0 Å². The van der Waals surface area contributed by atoms with E-state index < -0.39 is 5.41 Å². The Hall–Kier alpha value is -1.53. The lowest BCUT2D eigenvalue weighted by molar-refractivity contribution is -0.102. The molecule has 1 aromatic rings. The molecular weight excluding hydrogens is 226 g/mol. The highest BCUT2D eigenvalue weighted by Gasteiger charge is 2.52. The van der Waals surface area contributed by atoms with E-state index in [9.17, 15) is 5.26 Å². The topological polar surface area (TPSA) is 42.2 Å². The van der Waals surface area contributed by atoms with Crippen LogP contribution in [0.3, 0.4) is 0 Å². The van der Waals surface area contributed by atoms with Gasteiger partial charge in [0.25, 0.3) is 0 Å². The third-order valence-corrected chi connectivity index (χ3v) is 4.12. The van der Waals surface area contributed by atoms with Crippen molar-refractivity contribution < 1.29 is 9.47 Å². The number of methoxy groups -OCH3 is 1. The second kappa shape index (κ2) is 4.29. The Morgan fingerprint density at radius 1 is 1.39 bits per heavy atom. The lowest BCUT2D eigenvalue weighted by Gasteiger charge is -2.49. The molecule has 1 saturated heterocycles. The molecule has 96 valence electrons. The van der Waals surface area contributed by atoms with Gasteiger partial charge in [-0.2, -0.15) is 5.26 Å². The minimum absolute atomic E-state index is 0.196. The summed E-state index contributed by atoms with van der Waals surface area (Å²) in [5.41, 5.74) is 1.62. The van der Waals surface area contributed by atoms with E-state index in [1.165, 1.54) is 5.56 Å². The van der Waals surface area contributed by atoms with Gasteiger partial charge < -0.3 is 9.47 Å². The summed E-state index contributed by atoms with van der Waals surface area (Å²) in [5, 5.41) is 9.40. The largest absolute Gasteiger partial charge is 0.496 e. The van der Waals surface area contributed by atoms with E-state index in [1.807, 2.05) is 32.9 Å². The Labute approximate surface area is 108 Å². The fourth-order valence-corrected chi connectivity index (χ4v) is 2.48. The van der Waals surface area contributed by atoms with Crippen molar-refractivity contribution in [2.75, 3.05) is 20.3 Å². The number of hydrogen-bond donors (Lipinski definition) is 0. The smallest absolute Gasteiger partial charge is 0.121 e. The van der Waals surface area contributed by atoms with Crippen LogP contribution in [0.2, 0.25) is 0 Å². The van der Waals surface area contributed by atoms with E-state index in [2.05, 4.69) is 12.1 Å². The number of rotatable bonds is 3. The van der Waals surface area contributed by atoms with Gasteiger partial charge >= 0.3 is 0 Å². The first-order valence-corrected chi connectivity index (χ1v) is 6.11. The Balaban J connectivity index is 2.47. The van der Waals surface area contributed by atoms with Gasteiger partial charge in [0, 0.05) is 0 Å². The lowest BCUT2D eigenvalue weighted by atomic mass is 9.61. The Morgan fingerprint density at radius 2 is 2.06 bits per heavy atom. The molecule has 0 atom stereocenters. The number of nitrogens with zero attached hydrogens (tertiary/aromatic N) is 1. The molecular formula is C15H19NO2. The van der Waals surface area contributed by atoms with Gasteiger partial charge in [-0.15, -0.1) is 0 Å². The number of aryl methyl sites for hydroxylation is 1. The van der Waals surface area contributed by atoms with Crippen LogP contribution in [-0.4, -0.2) is 20.3 Å². The van der Waals surface area contributed by atoms with Crippen LogP contribution in [0.15, 0.2) is 18.2 Å². The molecule has 1 fully saturated rings. The SMILES string of the molecule is COc1ccc(C2(C(C)(C)C#N)COC2)cc1C. The first-order valence-electron chi connectivity index (χ1n) is 6.11. The van der Waals surface area contributed by atoms with Crippen molar-refractivity contribution >= 4 is 0 Å². The number of nitriles is 1. The van der Waals surface area contributed by atoms with E-state index >= 15 is 0 Å². The van der Waals surface area contributed by atoms with Crippen molar-refractivity contribution in [2.24, 2.45) is 5.41 Å². The normalized spacial score (nSPS) is 17.7. The standard InChI is InChI=1S/C15H19NO2/c1-11-7-12(5-6-13(11)17-4)15(9-18-10-15)14(2,3)8-16/h5-7H,9-10H2,1-4H3. The minimum atomic E-state index is -0.438. The Kier molecular flexibility index (Phi) is 3.08. The maximum absolute atomic E-state index is 9.40. The van der Waals surface area contributed by atoms with Gasteiger partial charge in [-0.05, 0) is 38.0 Å². The highest BCUT2D eigenvalue weighted by atomic mass is 16.5. The molecule has 0 saturated carbocycles. The molecule has 1 aliphatic heterocycles. The highest BCUT2D eigenvalue weighted by Crippen LogP contribution is 2.47. The maximum Gasteiger partial charge on any atom is 0.121 e. The van der Waals surface area contributed by atoms with Crippen molar-refractivity contribution in [1.29, 1.82) is 5.26 Å². The predicted molar refractivity (Wildman–Crippen MR) is 69.6 cm³/mol. The summed E-state index contributed by atoms with van der Waals surface area (Å²) in [7, 11) is 1.67. The van der Waals surface area contributed by atoms with Crippen LogP contribution in [0.4, 0.5) is 0 Å². The number of hydrogen-bond acceptors (Lipinski definition) is 3. The molecule has 0 aromatic heterocycles. The molecule has 0 unspecified atom stereocenters. The summed E-state index contributed by atoms with van der Waals surface area (Å²) in [4.78, 5) is 0. The fourth-order valence-electron chi connectivity index (χ4n) is 2.48. The molecule has 0 spiro atoms. The van der Waals surface area contributed by atoms with E-state index in [0.29, 0.717) is 13.2 Å². The molecule has 0 radical (unpaired) electrons. The van der Waals surface area contributed by atoms with Crippen LogP contribution in [0.25, 0.3) is 0 Å². The molecule has 0 N–H and O–H groups in total. The average Bonchev–Trinajstić information content (AvgIpc) is 2.27. The quantitative estimate of drug-likeness (QED) is 0.822. The summed E-state index contributed by atoms with van der Waals surface area (Å²) < 4.78 is 10.7. The van der Waals surface area contributed by atoms with Gasteiger partial charge in [-0.3, -0.25) is 0 Å². The summed E-state index contributed by atoms with van der Waals surface area (Å²) >= 11 is 0. The zero-order chi connectivity index (χ0) is 13.4. The molecule has 2 rings (SSSR count). The van der Waals surface area contributed by atoms with Crippen LogP contribution in [0.1, 0.15) is 25.0 Å². The second-order valence-corrected chi connectivity index (χ2v) is 5.50. The van der Waals surface area contributed by atoms with E-state index in [0.717, 1.165) is 11.3 Å². The van der Waals surface area contributed by atoms with Gasteiger partial charge in [-0.25, -0.2) is 0 Å². The molecule has 3 heteroatoms. The van der Waals surface area contributed by atoms with Crippen LogP contribution in [-0.2, 0) is 10.2 Å². The lowest BCUT2D eigenvalue weighted by Crippen LogP contribution is -2.56. The molecule has 18 heavy (non-hydrogen) atoms.